The number of hydrogen-bond donors (Lipinski definition) is 1. The predicted molar refractivity (Wildman–Crippen MR) is 85.6 cm³/mol. The summed E-state index contributed by atoms with van der Waals surface area (Å²) in [5.41, 5.74) is 8.26. The maximum atomic E-state index is 5.88. The summed E-state index contributed by atoms with van der Waals surface area (Å²) in [6.07, 6.45) is 0.869. The quantitative estimate of drug-likeness (QED) is 0.925. The van der Waals surface area contributed by atoms with Crippen LogP contribution in [0.25, 0.3) is 0 Å². The Kier molecular flexibility index (Phi) is 4.33. The molecule has 108 valence electrons. The van der Waals surface area contributed by atoms with E-state index >= 15 is 0 Å². The SMILES string of the molecule is CCOc1ccc(Cc2sc(N)nc2C(C)(C)C)cc1. The molecule has 0 saturated heterocycles. The first kappa shape index (κ1) is 14.9. The second-order valence-corrected chi connectivity index (χ2v) is 6.94. The Hall–Kier alpha value is -1.55. The van der Waals surface area contributed by atoms with Crippen molar-refractivity contribution in [2.75, 3.05) is 12.3 Å². The van der Waals surface area contributed by atoms with Crippen LogP contribution in [-0.2, 0) is 11.8 Å². The molecule has 0 saturated carbocycles. The van der Waals surface area contributed by atoms with Crippen LogP contribution >= 0.6 is 11.3 Å². The Bertz CT molecular complexity index is 567. The van der Waals surface area contributed by atoms with E-state index < -0.39 is 0 Å². The van der Waals surface area contributed by atoms with Crippen molar-refractivity contribution in [3.05, 3.63) is 40.4 Å². The van der Waals surface area contributed by atoms with Crippen molar-refractivity contribution < 1.29 is 4.74 Å². The first-order valence-electron chi connectivity index (χ1n) is 6.87. The Balaban J connectivity index is 2.21. The van der Waals surface area contributed by atoms with Gasteiger partial charge in [0.05, 0.1) is 12.3 Å². The Morgan fingerprint density at radius 1 is 1.20 bits per heavy atom. The van der Waals surface area contributed by atoms with Gasteiger partial charge in [-0.15, -0.1) is 11.3 Å². The summed E-state index contributed by atoms with van der Waals surface area (Å²) in [6.45, 7) is 9.19. The highest BCUT2D eigenvalue weighted by molar-refractivity contribution is 7.15. The Morgan fingerprint density at radius 3 is 2.40 bits per heavy atom. The zero-order valence-electron chi connectivity index (χ0n) is 12.6. The van der Waals surface area contributed by atoms with Gasteiger partial charge in [0.2, 0.25) is 0 Å². The molecule has 2 rings (SSSR count). The average Bonchev–Trinajstić information content (AvgIpc) is 2.73. The summed E-state index contributed by atoms with van der Waals surface area (Å²) < 4.78 is 5.46. The monoisotopic (exact) mass is 290 g/mol. The molecule has 1 aromatic heterocycles. The zero-order valence-corrected chi connectivity index (χ0v) is 13.4. The van der Waals surface area contributed by atoms with Gasteiger partial charge in [-0.1, -0.05) is 32.9 Å². The number of nitrogens with two attached hydrogens (primary N) is 1. The van der Waals surface area contributed by atoms with Crippen LogP contribution < -0.4 is 10.5 Å². The van der Waals surface area contributed by atoms with Gasteiger partial charge in [0.25, 0.3) is 0 Å². The fourth-order valence-corrected chi connectivity index (χ4v) is 3.21. The van der Waals surface area contributed by atoms with Crippen molar-refractivity contribution in [2.24, 2.45) is 0 Å². The second-order valence-electron chi connectivity index (χ2n) is 5.83. The normalized spacial score (nSPS) is 11.6. The van der Waals surface area contributed by atoms with Crippen LogP contribution in [-0.4, -0.2) is 11.6 Å². The zero-order chi connectivity index (χ0) is 14.8. The largest absolute Gasteiger partial charge is 0.494 e. The Labute approximate surface area is 124 Å². The van der Waals surface area contributed by atoms with Crippen LogP contribution in [0, 0.1) is 0 Å². The van der Waals surface area contributed by atoms with Crippen LogP contribution in [0.5, 0.6) is 5.75 Å². The van der Waals surface area contributed by atoms with Crippen molar-refractivity contribution in [3.8, 4) is 5.75 Å². The smallest absolute Gasteiger partial charge is 0.180 e. The van der Waals surface area contributed by atoms with E-state index in [1.54, 1.807) is 11.3 Å². The molecule has 2 aromatic rings. The number of hydrogen-bond acceptors (Lipinski definition) is 4. The highest BCUT2D eigenvalue weighted by Crippen LogP contribution is 2.32. The van der Waals surface area contributed by atoms with Crippen molar-refractivity contribution in [2.45, 2.75) is 39.5 Å². The molecule has 0 aliphatic rings. The van der Waals surface area contributed by atoms with E-state index in [4.69, 9.17) is 10.5 Å². The molecule has 0 bridgehead atoms. The summed E-state index contributed by atoms with van der Waals surface area (Å²) in [5, 5.41) is 0.649. The van der Waals surface area contributed by atoms with Crippen molar-refractivity contribution in [3.63, 3.8) is 0 Å². The molecule has 0 radical (unpaired) electrons. The molecule has 4 heteroatoms. The second kappa shape index (κ2) is 5.83. The molecular weight excluding hydrogens is 268 g/mol. The average molecular weight is 290 g/mol. The minimum absolute atomic E-state index is 0.0225. The first-order chi connectivity index (χ1) is 9.40. The lowest BCUT2D eigenvalue weighted by atomic mass is 9.90. The molecule has 3 nitrogen and oxygen atoms in total. The number of aromatic nitrogens is 1. The molecule has 0 fully saturated rings. The third kappa shape index (κ3) is 3.51. The summed E-state index contributed by atoms with van der Waals surface area (Å²) in [6, 6.07) is 8.24. The maximum absolute atomic E-state index is 5.88. The van der Waals surface area contributed by atoms with Crippen molar-refractivity contribution >= 4 is 16.5 Å². The lowest BCUT2D eigenvalue weighted by Crippen LogP contribution is -2.14. The predicted octanol–water partition coefficient (Wildman–Crippen LogP) is 4.01. The molecule has 1 heterocycles. The number of thiazole rings is 1. The van der Waals surface area contributed by atoms with Gasteiger partial charge in [0, 0.05) is 16.7 Å². The van der Waals surface area contributed by atoms with Gasteiger partial charge in [-0.25, -0.2) is 4.98 Å². The van der Waals surface area contributed by atoms with Gasteiger partial charge in [0.1, 0.15) is 5.75 Å². The van der Waals surface area contributed by atoms with Gasteiger partial charge in [-0.2, -0.15) is 0 Å². The van der Waals surface area contributed by atoms with Crippen molar-refractivity contribution in [1.29, 1.82) is 0 Å². The molecule has 0 unspecified atom stereocenters. The third-order valence-electron chi connectivity index (χ3n) is 3.02. The maximum Gasteiger partial charge on any atom is 0.180 e. The highest BCUT2D eigenvalue weighted by Gasteiger charge is 2.22. The summed E-state index contributed by atoms with van der Waals surface area (Å²) in [7, 11) is 0. The van der Waals surface area contributed by atoms with Gasteiger partial charge < -0.3 is 10.5 Å². The number of nitrogens with zero attached hydrogens (tertiary/aromatic N) is 1. The minimum Gasteiger partial charge on any atom is -0.494 e. The molecule has 0 aliphatic heterocycles. The van der Waals surface area contributed by atoms with Gasteiger partial charge in [-0.05, 0) is 24.6 Å². The molecule has 0 spiro atoms. The molecular formula is C16H22N2OS. The highest BCUT2D eigenvalue weighted by atomic mass is 32.1. The molecule has 0 amide bonds. The fourth-order valence-electron chi connectivity index (χ4n) is 2.13. The number of anilines is 1. The fraction of sp³-hybridized carbons (Fsp3) is 0.438. The van der Waals surface area contributed by atoms with Crippen LogP contribution in [0.15, 0.2) is 24.3 Å². The van der Waals surface area contributed by atoms with Gasteiger partial charge in [-0.3, -0.25) is 0 Å². The van der Waals surface area contributed by atoms with Gasteiger partial charge in [0.15, 0.2) is 5.13 Å². The number of rotatable bonds is 4. The number of ether oxygens (including phenoxy) is 1. The molecule has 2 N–H and O–H groups in total. The van der Waals surface area contributed by atoms with Crippen LogP contribution in [0.4, 0.5) is 5.13 Å². The number of nitrogen functional groups attached to an aromatic ring is 1. The van der Waals surface area contributed by atoms with E-state index in [0.29, 0.717) is 11.7 Å². The lowest BCUT2D eigenvalue weighted by Gasteiger charge is -2.17. The van der Waals surface area contributed by atoms with E-state index in [9.17, 15) is 0 Å². The van der Waals surface area contributed by atoms with Crippen molar-refractivity contribution in [1.82, 2.24) is 4.98 Å². The standard InChI is InChI=1S/C16H22N2OS/c1-5-19-12-8-6-11(7-9-12)10-13-14(16(2,3)4)18-15(17)20-13/h6-9H,5,10H2,1-4H3,(H2,17,18). The number of benzene rings is 1. The molecule has 1 aromatic carbocycles. The molecule has 0 aliphatic carbocycles. The van der Waals surface area contributed by atoms with E-state index in [2.05, 4.69) is 37.9 Å². The topological polar surface area (TPSA) is 48.1 Å². The van der Waals surface area contributed by atoms with Crippen LogP contribution in [0.3, 0.4) is 0 Å². The van der Waals surface area contributed by atoms with E-state index in [1.165, 1.54) is 10.4 Å². The Morgan fingerprint density at radius 2 is 1.85 bits per heavy atom. The van der Waals surface area contributed by atoms with E-state index in [0.717, 1.165) is 17.9 Å². The minimum atomic E-state index is 0.0225. The summed E-state index contributed by atoms with van der Waals surface area (Å²) in [5.74, 6) is 0.913. The van der Waals surface area contributed by atoms with E-state index in [-0.39, 0.29) is 5.41 Å². The van der Waals surface area contributed by atoms with Crippen LogP contribution in [0.1, 0.15) is 43.8 Å². The third-order valence-corrected chi connectivity index (χ3v) is 3.91. The lowest BCUT2D eigenvalue weighted by molar-refractivity contribution is 0.340. The first-order valence-corrected chi connectivity index (χ1v) is 7.69. The molecule has 0 atom stereocenters. The summed E-state index contributed by atoms with van der Waals surface area (Å²) >= 11 is 1.59. The van der Waals surface area contributed by atoms with Gasteiger partial charge >= 0.3 is 0 Å². The van der Waals surface area contributed by atoms with E-state index in [1.807, 2.05) is 19.1 Å². The van der Waals surface area contributed by atoms with Crippen LogP contribution in [0.2, 0.25) is 0 Å². The summed E-state index contributed by atoms with van der Waals surface area (Å²) in [4.78, 5) is 5.75. The molecule has 20 heavy (non-hydrogen) atoms.